The number of rotatable bonds is 12. The molecule has 46 heavy (non-hydrogen) atoms. The van der Waals surface area contributed by atoms with Gasteiger partial charge in [0.1, 0.15) is 12.4 Å². The summed E-state index contributed by atoms with van der Waals surface area (Å²) in [6.45, 7) is 3.40. The number of ether oxygens (including phenoxy) is 4. The van der Waals surface area contributed by atoms with Gasteiger partial charge in [0.25, 0.3) is 5.91 Å². The van der Waals surface area contributed by atoms with E-state index in [4.69, 9.17) is 42.1 Å². The fourth-order valence-electron chi connectivity index (χ4n) is 4.34. The van der Waals surface area contributed by atoms with Crippen LogP contribution in [0, 0.1) is 3.57 Å². The molecule has 0 saturated heterocycles. The third kappa shape index (κ3) is 9.05. The number of hydrogen-bond donors (Lipinski definition) is 3. The molecule has 11 nitrogen and oxygen atoms in total. The molecule has 0 saturated carbocycles. The maximum atomic E-state index is 12.6. The molecule has 0 aliphatic carbocycles. The van der Waals surface area contributed by atoms with Crippen LogP contribution >= 0.6 is 61.7 Å². The minimum absolute atomic E-state index is 0.179. The lowest BCUT2D eigenvalue weighted by molar-refractivity contribution is -0.139. The van der Waals surface area contributed by atoms with Crippen LogP contribution in [0.1, 0.15) is 36.6 Å². The first-order valence-corrected chi connectivity index (χ1v) is 16.3. The Morgan fingerprint density at radius 2 is 1.89 bits per heavy atom. The number of carbonyl (C=O) groups excluding carboxylic acids is 3. The van der Waals surface area contributed by atoms with Gasteiger partial charge >= 0.3 is 12.0 Å². The summed E-state index contributed by atoms with van der Waals surface area (Å²) in [5.41, 5.74) is 5.14. The van der Waals surface area contributed by atoms with E-state index in [-0.39, 0.29) is 31.1 Å². The van der Waals surface area contributed by atoms with Crippen LogP contribution in [0.25, 0.3) is 0 Å². The number of hydrogen-bond acceptors (Lipinski definition) is 8. The van der Waals surface area contributed by atoms with Gasteiger partial charge in [0, 0.05) is 21.3 Å². The SMILES string of the molecule is CCOC(=O)C1=C(C)NC(=O)N[C@@H]1c1ccc(OCC(=O)N/N=C\c2cc(Br)c(OCc3ccc(Cl)cc3Cl)c(I)c2)c(OC)c1. The lowest BCUT2D eigenvalue weighted by Gasteiger charge is -2.28. The Labute approximate surface area is 297 Å². The summed E-state index contributed by atoms with van der Waals surface area (Å²) in [6.07, 6.45) is 1.49. The van der Waals surface area contributed by atoms with E-state index in [1.165, 1.54) is 13.3 Å². The molecule has 1 aliphatic rings. The first-order valence-electron chi connectivity index (χ1n) is 13.6. The summed E-state index contributed by atoms with van der Waals surface area (Å²) in [4.78, 5) is 37.3. The van der Waals surface area contributed by atoms with E-state index in [1.54, 1.807) is 50.2 Å². The van der Waals surface area contributed by atoms with Crippen molar-refractivity contribution >= 4 is 85.8 Å². The van der Waals surface area contributed by atoms with Gasteiger partial charge in [-0.2, -0.15) is 5.10 Å². The van der Waals surface area contributed by atoms with E-state index in [1.807, 2.05) is 12.1 Å². The van der Waals surface area contributed by atoms with Gasteiger partial charge in [0.15, 0.2) is 18.1 Å². The van der Waals surface area contributed by atoms with E-state index >= 15 is 0 Å². The lowest BCUT2D eigenvalue weighted by atomic mass is 9.95. The summed E-state index contributed by atoms with van der Waals surface area (Å²) in [5.74, 6) is 0.136. The summed E-state index contributed by atoms with van der Waals surface area (Å²) >= 11 is 17.9. The summed E-state index contributed by atoms with van der Waals surface area (Å²) in [7, 11) is 1.44. The van der Waals surface area contributed by atoms with E-state index in [0.717, 1.165) is 9.13 Å². The molecule has 4 rings (SSSR count). The van der Waals surface area contributed by atoms with Crippen molar-refractivity contribution in [2.45, 2.75) is 26.5 Å². The van der Waals surface area contributed by atoms with Crippen LogP contribution in [0.15, 0.2) is 69.4 Å². The number of nitrogens with zero attached hydrogens (tertiary/aromatic N) is 1. The Morgan fingerprint density at radius 3 is 2.59 bits per heavy atom. The van der Waals surface area contributed by atoms with Crippen LogP contribution < -0.4 is 30.3 Å². The van der Waals surface area contributed by atoms with Crippen LogP contribution in [0.2, 0.25) is 10.0 Å². The predicted octanol–water partition coefficient (Wildman–Crippen LogP) is 6.67. The van der Waals surface area contributed by atoms with Crippen LogP contribution in [0.3, 0.4) is 0 Å². The van der Waals surface area contributed by atoms with Crippen LogP contribution in [0.5, 0.6) is 17.2 Å². The second-order valence-electron chi connectivity index (χ2n) is 9.62. The highest BCUT2D eigenvalue weighted by Crippen LogP contribution is 2.35. The number of urea groups is 1. The van der Waals surface area contributed by atoms with Crippen molar-refractivity contribution in [3.05, 3.63) is 94.6 Å². The second kappa shape index (κ2) is 16.3. The molecule has 3 amide bonds. The van der Waals surface area contributed by atoms with Gasteiger partial charge in [-0.25, -0.2) is 15.0 Å². The van der Waals surface area contributed by atoms with Crippen LogP contribution in [-0.2, 0) is 20.9 Å². The van der Waals surface area contributed by atoms with Crippen molar-refractivity contribution in [3.63, 3.8) is 0 Å². The Morgan fingerprint density at radius 1 is 1.11 bits per heavy atom. The molecule has 15 heteroatoms. The first kappa shape index (κ1) is 35.3. The van der Waals surface area contributed by atoms with Crippen molar-refractivity contribution in [3.8, 4) is 17.2 Å². The number of halogens is 4. The average molecular weight is 846 g/mol. The molecule has 0 bridgehead atoms. The number of allylic oxidation sites excluding steroid dienone is 1. The van der Waals surface area contributed by atoms with Crippen molar-refractivity contribution in [1.29, 1.82) is 0 Å². The maximum absolute atomic E-state index is 12.6. The largest absolute Gasteiger partial charge is 0.493 e. The smallest absolute Gasteiger partial charge is 0.338 e. The predicted molar refractivity (Wildman–Crippen MR) is 186 cm³/mol. The Hall–Kier alpha value is -3.53. The number of esters is 1. The Kier molecular flexibility index (Phi) is 12.5. The van der Waals surface area contributed by atoms with Gasteiger partial charge in [-0.15, -0.1) is 0 Å². The molecular formula is C31H28BrCl2IN4O7. The highest BCUT2D eigenvalue weighted by Gasteiger charge is 2.32. The van der Waals surface area contributed by atoms with Crippen molar-refractivity contribution in [2.75, 3.05) is 20.3 Å². The van der Waals surface area contributed by atoms with Gasteiger partial charge in [0.2, 0.25) is 0 Å². The average Bonchev–Trinajstić information content (AvgIpc) is 3.00. The summed E-state index contributed by atoms with van der Waals surface area (Å²) in [6, 6.07) is 12.5. The molecule has 3 N–H and O–H groups in total. The van der Waals surface area contributed by atoms with Gasteiger partial charge in [0.05, 0.1) is 39.6 Å². The van der Waals surface area contributed by atoms with Crippen molar-refractivity contribution in [1.82, 2.24) is 16.1 Å². The van der Waals surface area contributed by atoms with Crippen molar-refractivity contribution in [2.24, 2.45) is 5.10 Å². The number of amides is 3. The molecule has 1 aliphatic heterocycles. The molecule has 242 valence electrons. The monoisotopic (exact) mass is 844 g/mol. The molecule has 3 aromatic carbocycles. The number of hydrazone groups is 1. The summed E-state index contributed by atoms with van der Waals surface area (Å²) in [5, 5.41) is 10.4. The second-order valence-corrected chi connectivity index (χ2v) is 12.5. The molecule has 1 heterocycles. The highest BCUT2D eigenvalue weighted by molar-refractivity contribution is 14.1. The zero-order valence-electron chi connectivity index (χ0n) is 24.7. The third-order valence-electron chi connectivity index (χ3n) is 6.45. The minimum Gasteiger partial charge on any atom is -0.493 e. The van der Waals surface area contributed by atoms with E-state index in [9.17, 15) is 14.4 Å². The van der Waals surface area contributed by atoms with E-state index in [0.29, 0.717) is 42.8 Å². The van der Waals surface area contributed by atoms with Crippen molar-refractivity contribution < 1.29 is 33.3 Å². The fraction of sp³-hybridized carbons (Fsp3) is 0.226. The Balaban J connectivity index is 1.36. The molecule has 0 spiro atoms. The molecule has 0 unspecified atom stereocenters. The quantitative estimate of drug-likeness (QED) is 0.0803. The van der Waals surface area contributed by atoms with E-state index < -0.39 is 23.9 Å². The van der Waals surface area contributed by atoms with Gasteiger partial charge in [-0.1, -0.05) is 35.3 Å². The normalized spacial score (nSPS) is 14.4. The van der Waals surface area contributed by atoms with Gasteiger partial charge in [-0.05, 0) is 99.9 Å². The zero-order chi connectivity index (χ0) is 33.4. The summed E-state index contributed by atoms with van der Waals surface area (Å²) < 4.78 is 23.8. The minimum atomic E-state index is -0.779. The number of nitrogens with one attached hydrogen (secondary N) is 3. The zero-order valence-corrected chi connectivity index (χ0v) is 30.0. The topological polar surface area (TPSA) is 137 Å². The first-order chi connectivity index (χ1) is 22.0. The van der Waals surface area contributed by atoms with Crippen LogP contribution in [-0.4, -0.2) is 44.4 Å². The van der Waals surface area contributed by atoms with Crippen LogP contribution in [0.4, 0.5) is 4.79 Å². The molecule has 1 atom stereocenters. The fourth-order valence-corrected chi connectivity index (χ4v) is 6.57. The number of carbonyl (C=O) groups is 3. The lowest BCUT2D eigenvalue weighted by Crippen LogP contribution is -2.45. The molecule has 0 aromatic heterocycles. The Bertz CT molecular complexity index is 1700. The van der Waals surface area contributed by atoms with Gasteiger partial charge < -0.3 is 29.6 Å². The molecule has 0 radical (unpaired) electrons. The standard InChI is InChI=1S/C31H28BrCl2IN4O7/c1-4-44-30(41)27-16(2)37-31(42)38-28(27)18-6-8-24(25(11-18)43-3)45-15-26(40)39-36-13-17-9-21(32)29(23(35)10-17)46-14-19-5-7-20(33)12-22(19)34/h5-13,28H,4,14-15H2,1-3H3,(H,39,40)(H2,37,38,42)/b36-13-/t28-/m1/s1. The van der Waals surface area contributed by atoms with Gasteiger partial charge in [-0.3, -0.25) is 4.79 Å². The molecule has 3 aromatic rings. The molecule has 0 fully saturated rings. The number of methoxy groups -OCH3 is 1. The third-order valence-corrected chi connectivity index (χ3v) is 8.43. The van der Waals surface area contributed by atoms with E-state index in [2.05, 4.69) is 59.7 Å². The highest BCUT2D eigenvalue weighted by atomic mass is 127. The maximum Gasteiger partial charge on any atom is 0.338 e. The number of benzene rings is 3. The molecular weight excluding hydrogens is 818 g/mol.